The Kier molecular flexibility index (Phi) is 5.61. The van der Waals surface area contributed by atoms with Crippen molar-refractivity contribution in [2.24, 2.45) is 7.05 Å². The Labute approximate surface area is 201 Å². The minimum Gasteiger partial charge on any atom is -0.478 e. The number of aryl methyl sites for hydroxylation is 1. The number of carboxylic acid groups (broad SMARTS) is 1. The molecule has 2 aromatic carbocycles. The van der Waals surface area contributed by atoms with E-state index in [1.54, 1.807) is 35.9 Å². The van der Waals surface area contributed by atoms with E-state index < -0.39 is 5.97 Å². The smallest absolute Gasteiger partial charge is 0.337 e. The van der Waals surface area contributed by atoms with Gasteiger partial charge in [0.15, 0.2) is 0 Å². The van der Waals surface area contributed by atoms with Crippen LogP contribution in [0.25, 0.3) is 10.2 Å². The molecule has 2 N–H and O–H groups in total. The first-order chi connectivity index (χ1) is 16.3. The van der Waals surface area contributed by atoms with Crippen molar-refractivity contribution in [3.63, 3.8) is 0 Å². The van der Waals surface area contributed by atoms with E-state index in [9.17, 15) is 14.7 Å². The van der Waals surface area contributed by atoms with E-state index in [2.05, 4.69) is 28.4 Å². The van der Waals surface area contributed by atoms with Crippen molar-refractivity contribution < 1.29 is 9.90 Å². The monoisotopic (exact) mass is 474 g/mol. The number of anilines is 2. The third kappa shape index (κ3) is 3.74. The third-order valence-corrected chi connectivity index (χ3v) is 7.59. The molecular formula is C26H26N4O3S. The number of nitrogens with zero attached hydrogens (tertiary/aromatic N) is 3. The van der Waals surface area contributed by atoms with Gasteiger partial charge in [-0.2, -0.15) is 0 Å². The Balaban J connectivity index is 1.57. The lowest BCUT2D eigenvalue weighted by Gasteiger charge is -2.30. The van der Waals surface area contributed by atoms with E-state index in [4.69, 9.17) is 4.98 Å². The number of aromatic carboxylic acids is 1. The third-order valence-electron chi connectivity index (χ3n) is 6.49. The number of carbonyl (C=O) groups is 1. The average Bonchev–Trinajstić information content (AvgIpc) is 3.17. The molecule has 5 rings (SSSR count). The van der Waals surface area contributed by atoms with Crippen LogP contribution in [0.5, 0.6) is 0 Å². The van der Waals surface area contributed by atoms with Gasteiger partial charge in [0.25, 0.3) is 5.56 Å². The summed E-state index contributed by atoms with van der Waals surface area (Å²) in [4.78, 5) is 33.2. The lowest BCUT2D eigenvalue weighted by Crippen LogP contribution is -2.35. The number of carboxylic acids is 1. The zero-order valence-electron chi connectivity index (χ0n) is 19.3. The van der Waals surface area contributed by atoms with Gasteiger partial charge in [-0.3, -0.25) is 9.36 Å². The number of fused-ring (bicyclic) bond motifs is 2. The maximum Gasteiger partial charge on any atom is 0.337 e. The van der Waals surface area contributed by atoms with E-state index in [0.29, 0.717) is 28.4 Å². The summed E-state index contributed by atoms with van der Waals surface area (Å²) in [6.45, 7) is 5.46. The van der Waals surface area contributed by atoms with Crippen molar-refractivity contribution in [1.82, 2.24) is 9.55 Å². The molecule has 8 heteroatoms. The van der Waals surface area contributed by atoms with Crippen LogP contribution < -0.4 is 15.8 Å². The Morgan fingerprint density at radius 1 is 1.15 bits per heavy atom. The second-order valence-corrected chi connectivity index (χ2v) is 9.91. The van der Waals surface area contributed by atoms with Crippen molar-refractivity contribution in [3.8, 4) is 0 Å². The predicted molar refractivity (Wildman–Crippen MR) is 136 cm³/mol. The molecule has 1 aliphatic heterocycles. The maximum absolute atomic E-state index is 13.3. The van der Waals surface area contributed by atoms with Crippen molar-refractivity contribution in [3.05, 3.63) is 86.0 Å². The van der Waals surface area contributed by atoms with E-state index >= 15 is 0 Å². The molecule has 0 amide bonds. The second kappa shape index (κ2) is 8.61. The minimum absolute atomic E-state index is 0.0589. The molecule has 3 heterocycles. The largest absolute Gasteiger partial charge is 0.478 e. The Hall–Kier alpha value is -3.65. The van der Waals surface area contributed by atoms with Crippen LogP contribution in [0, 0.1) is 6.92 Å². The molecule has 7 nitrogen and oxygen atoms in total. The number of benzene rings is 2. The van der Waals surface area contributed by atoms with Gasteiger partial charge in [0.2, 0.25) is 5.95 Å². The lowest BCUT2D eigenvalue weighted by atomic mass is 10.0. The number of hydrogen-bond acceptors (Lipinski definition) is 6. The number of thiophene rings is 1. The molecule has 0 spiro atoms. The molecule has 0 aliphatic carbocycles. The van der Waals surface area contributed by atoms with E-state index in [1.165, 1.54) is 22.5 Å². The first-order valence-corrected chi connectivity index (χ1v) is 12.1. The zero-order chi connectivity index (χ0) is 24.0. The fraction of sp³-hybridized carbons (Fsp3) is 0.269. The first-order valence-electron chi connectivity index (χ1n) is 11.3. The molecule has 1 unspecified atom stereocenters. The fourth-order valence-corrected chi connectivity index (χ4v) is 5.95. The quantitative estimate of drug-likeness (QED) is 0.435. The van der Waals surface area contributed by atoms with Gasteiger partial charge in [-0.15, -0.1) is 11.3 Å². The highest BCUT2D eigenvalue weighted by Gasteiger charge is 2.25. The van der Waals surface area contributed by atoms with Crippen molar-refractivity contribution in [2.45, 2.75) is 32.9 Å². The Morgan fingerprint density at radius 3 is 2.62 bits per heavy atom. The molecule has 2 aromatic heterocycles. The Bertz CT molecular complexity index is 1470. The maximum atomic E-state index is 13.3. The van der Waals surface area contributed by atoms with Crippen LogP contribution in [0.3, 0.4) is 0 Å². The highest BCUT2D eigenvalue weighted by Crippen LogP contribution is 2.35. The molecule has 0 saturated heterocycles. The normalized spacial score (nSPS) is 14.1. The van der Waals surface area contributed by atoms with Crippen LogP contribution in [-0.2, 0) is 20.0 Å². The molecule has 1 aliphatic rings. The minimum atomic E-state index is -0.984. The van der Waals surface area contributed by atoms with Gasteiger partial charge >= 0.3 is 5.97 Å². The predicted octanol–water partition coefficient (Wildman–Crippen LogP) is 4.74. The summed E-state index contributed by atoms with van der Waals surface area (Å²) >= 11 is 1.44. The standard InChI is InChI=1S/C26H26N4O3S/c1-15(27-20-11-7-6-10-19(20)25(32)33)21-16(2)34-23-22(21)28-26(29(3)24(23)31)30-13-12-17-8-4-5-9-18(17)14-30/h4-11,15,27H,12-14H2,1-3H3,(H,32,33). The highest BCUT2D eigenvalue weighted by atomic mass is 32.1. The summed E-state index contributed by atoms with van der Waals surface area (Å²) in [7, 11) is 1.78. The molecule has 1 atom stereocenters. The SMILES string of the molecule is Cc1sc2c(=O)n(C)c(N3CCc4ccccc4C3)nc2c1C(C)Nc1ccccc1C(=O)O. The fourth-order valence-electron chi connectivity index (χ4n) is 4.78. The van der Waals surface area contributed by atoms with E-state index in [-0.39, 0.29) is 17.2 Å². The molecule has 0 fully saturated rings. The number of nitrogens with one attached hydrogen (secondary N) is 1. The van der Waals surface area contributed by atoms with Crippen molar-refractivity contribution >= 4 is 39.2 Å². The summed E-state index contributed by atoms with van der Waals surface area (Å²) in [5.74, 6) is -0.328. The Morgan fingerprint density at radius 2 is 1.85 bits per heavy atom. The average molecular weight is 475 g/mol. The van der Waals surface area contributed by atoms with E-state index in [0.717, 1.165) is 23.4 Å². The second-order valence-electron chi connectivity index (χ2n) is 8.68. The van der Waals surface area contributed by atoms with Gasteiger partial charge in [-0.05, 0) is 43.5 Å². The first kappa shape index (κ1) is 22.2. The van der Waals surface area contributed by atoms with Gasteiger partial charge in [-0.25, -0.2) is 9.78 Å². The summed E-state index contributed by atoms with van der Waals surface area (Å²) in [6.07, 6.45) is 0.906. The molecule has 0 bridgehead atoms. The number of para-hydroxylation sites is 1. The van der Waals surface area contributed by atoms with E-state index in [1.807, 2.05) is 19.9 Å². The summed E-state index contributed by atoms with van der Waals surface area (Å²) in [5.41, 5.74) is 4.90. The van der Waals surface area contributed by atoms with Crippen LogP contribution in [0.15, 0.2) is 53.3 Å². The van der Waals surface area contributed by atoms with Gasteiger partial charge in [0.05, 0.1) is 17.1 Å². The van der Waals surface area contributed by atoms with Gasteiger partial charge < -0.3 is 15.3 Å². The summed E-state index contributed by atoms with van der Waals surface area (Å²) in [6, 6.07) is 15.0. The molecular weight excluding hydrogens is 448 g/mol. The summed E-state index contributed by atoms with van der Waals surface area (Å²) in [5, 5.41) is 12.9. The molecule has 174 valence electrons. The molecule has 0 saturated carbocycles. The molecule has 34 heavy (non-hydrogen) atoms. The summed E-state index contributed by atoms with van der Waals surface area (Å²) < 4.78 is 2.27. The number of hydrogen-bond donors (Lipinski definition) is 2. The molecule has 4 aromatic rings. The van der Waals surface area contributed by atoms with Crippen LogP contribution in [-0.4, -0.2) is 27.2 Å². The molecule has 0 radical (unpaired) electrons. The van der Waals surface area contributed by atoms with Crippen LogP contribution in [0.4, 0.5) is 11.6 Å². The van der Waals surface area contributed by atoms with Crippen LogP contribution in [0.2, 0.25) is 0 Å². The van der Waals surface area contributed by atoms with Crippen LogP contribution >= 0.6 is 11.3 Å². The lowest BCUT2D eigenvalue weighted by molar-refractivity contribution is 0.0698. The number of aromatic nitrogens is 2. The van der Waals surface area contributed by atoms with Gasteiger partial charge in [0.1, 0.15) is 4.70 Å². The van der Waals surface area contributed by atoms with Crippen molar-refractivity contribution in [2.75, 3.05) is 16.8 Å². The highest BCUT2D eigenvalue weighted by molar-refractivity contribution is 7.19. The zero-order valence-corrected chi connectivity index (χ0v) is 20.1. The van der Waals surface area contributed by atoms with Gasteiger partial charge in [0, 0.05) is 36.3 Å². The van der Waals surface area contributed by atoms with Crippen LogP contribution in [0.1, 0.15) is 44.9 Å². The number of rotatable bonds is 5. The van der Waals surface area contributed by atoms with Gasteiger partial charge in [-0.1, -0.05) is 36.4 Å². The van der Waals surface area contributed by atoms with Crippen molar-refractivity contribution in [1.29, 1.82) is 0 Å². The topological polar surface area (TPSA) is 87.5 Å².